The van der Waals surface area contributed by atoms with Crippen LogP contribution >= 0.6 is 11.8 Å². The third kappa shape index (κ3) is 5.85. The Morgan fingerprint density at radius 3 is 2.63 bits per heavy atom. The van der Waals surface area contributed by atoms with Crippen molar-refractivity contribution in [3.63, 3.8) is 0 Å². The Bertz CT molecular complexity index is 880. The third-order valence-electron chi connectivity index (χ3n) is 3.59. The standard InChI is InChI=1S/C18H20N6O2S/c1-12-11-13(2)22-15(21-12)5-9-20-16(25)6-10-27-18-24-23-17(26-18)14-3-7-19-8-4-14/h3-4,7-8,11H,5-6,9-10H2,1-2H3,(H,20,25). The highest BCUT2D eigenvalue weighted by Gasteiger charge is 2.10. The van der Waals surface area contributed by atoms with Crippen LogP contribution in [-0.2, 0) is 11.2 Å². The number of nitrogens with one attached hydrogen (secondary N) is 1. The molecule has 0 radical (unpaired) electrons. The largest absolute Gasteiger partial charge is 0.411 e. The number of carbonyl (C=O) groups is 1. The Hall–Kier alpha value is -2.81. The molecule has 27 heavy (non-hydrogen) atoms. The number of pyridine rings is 1. The van der Waals surface area contributed by atoms with Gasteiger partial charge in [-0.05, 0) is 32.0 Å². The van der Waals surface area contributed by atoms with Crippen LogP contribution in [0.4, 0.5) is 0 Å². The SMILES string of the molecule is Cc1cc(C)nc(CCNC(=O)CCSc2nnc(-c3ccncc3)o2)n1. The lowest BCUT2D eigenvalue weighted by molar-refractivity contribution is -0.120. The predicted molar refractivity (Wildman–Crippen MR) is 101 cm³/mol. The molecule has 0 aliphatic carbocycles. The number of rotatable bonds is 8. The molecule has 3 heterocycles. The van der Waals surface area contributed by atoms with Crippen LogP contribution in [0.2, 0.25) is 0 Å². The van der Waals surface area contributed by atoms with E-state index in [1.54, 1.807) is 24.5 Å². The number of amides is 1. The highest BCUT2D eigenvalue weighted by Crippen LogP contribution is 2.22. The van der Waals surface area contributed by atoms with Crippen LogP contribution in [0.5, 0.6) is 0 Å². The van der Waals surface area contributed by atoms with Gasteiger partial charge in [0.2, 0.25) is 11.8 Å². The Morgan fingerprint density at radius 2 is 1.89 bits per heavy atom. The average Bonchev–Trinajstić information content (AvgIpc) is 3.11. The van der Waals surface area contributed by atoms with Crippen LogP contribution in [0.15, 0.2) is 40.2 Å². The summed E-state index contributed by atoms with van der Waals surface area (Å²) in [6, 6.07) is 5.53. The van der Waals surface area contributed by atoms with Crippen molar-refractivity contribution in [3.05, 3.63) is 47.8 Å². The lowest BCUT2D eigenvalue weighted by Gasteiger charge is -2.05. The van der Waals surface area contributed by atoms with E-state index in [1.165, 1.54) is 11.8 Å². The maximum atomic E-state index is 11.9. The molecule has 0 unspecified atom stereocenters. The number of aromatic nitrogens is 5. The van der Waals surface area contributed by atoms with Gasteiger partial charge in [0, 0.05) is 54.5 Å². The number of thioether (sulfide) groups is 1. The molecular weight excluding hydrogens is 364 g/mol. The van der Waals surface area contributed by atoms with E-state index < -0.39 is 0 Å². The summed E-state index contributed by atoms with van der Waals surface area (Å²) in [7, 11) is 0. The lowest BCUT2D eigenvalue weighted by atomic mass is 10.3. The molecule has 0 aromatic carbocycles. The zero-order chi connectivity index (χ0) is 19.1. The van der Waals surface area contributed by atoms with Gasteiger partial charge in [0.1, 0.15) is 5.82 Å². The van der Waals surface area contributed by atoms with Gasteiger partial charge in [-0.2, -0.15) is 0 Å². The number of nitrogens with zero attached hydrogens (tertiary/aromatic N) is 5. The maximum absolute atomic E-state index is 11.9. The Kier molecular flexibility index (Phi) is 6.48. The summed E-state index contributed by atoms with van der Waals surface area (Å²) in [6.07, 6.45) is 4.31. The van der Waals surface area contributed by atoms with Gasteiger partial charge < -0.3 is 9.73 Å². The Morgan fingerprint density at radius 1 is 1.15 bits per heavy atom. The molecule has 0 fully saturated rings. The van der Waals surface area contributed by atoms with Gasteiger partial charge in [-0.1, -0.05) is 11.8 Å². The molecule has 1 amide bonds. The van der Waals surface area contributed by atoms with E-state index in [9.17, 15) is 4.79 Å². The summed E-state index contributed by atoms with van der Waals surface area (Å²) < 4.78 is 5.58. The van der Waals surface area contributed by atoms with Crippen LogP contribution in [0.25, 0.3) is 11.5 Å². The van der Waals surface area contributed by atoms with Gasteiger partial charge >= 0.3 is 0 Å². The summed E-state index contributed by atoms with van der Waals surface area (Å²) in [4.78, 5) is 24.6. The highest BCUT2D eigenvalue weighted by atomic mass is 32.2. The van der Waals surface area contributed by atoms with Gasteiger partial charge in [0.25, 0.3) is 5.22 Å². The van der Waals surface area contributed by atoms with Crippen LogP contribution in [0, 0.1) is 13.8 Å². The molecule has 0 saturated carbocycles. The van der Waals surface area contributed by atoms with Gasteiger partial charge in [-0.3, -0.25) is 9.78 Å². The summed E-state index contributed by atoms with van der Waals surface area (Å²) in [5, 5.41) is 11.3. The van der Waals surface area contributed by atoms with E-state index in [0.717, 1.165) is 22.8 Å². The first-order chi connectivity index (χ1) is 13.1. The minimum atomic E-state index is -0.0271. The second kappa shape index (κ2) is 9.22. The lowest BCUT2D eigenvalue weighted by Crippen LogP contribution is -2.26. The third-order valence-corrected chi connectivity index (χ3v) is 4.41. The zero-order valence-electron chi connectivity index (χ0n) is 15.2. The number of aryl methyl sites for hydroxylation is 2. The predicted octanol–water partition coefficient (Wildman–Crippen LogP) is 2.38. The first kappa shape index (κ1) is 19.0. The highest BCUT2D eigenvalue weighted by molar-refractivity contribution is 7.99. The van der Waals surface area contributed by atoms with Crippen molar-refractivity contribution in [1.82, 2.24) is 30.5 Å². The van der Waals surface area contributed by atoms with Crippen molar-refractivity contribution in [2.45, 2.75) is 31.9 Å². The molecule has 3 rings (SSSR count). The van der Waals surface area contributed by atoms with Gasteiger partial charge in [0.05, 0.1) is 0 Å². The number of hydrogen-bond donors (Lipinski definition) is 1. The van der Waals surface area contributed by atoms with E-state index in [0.29, 0.717) is 36.3 Å². The van der Waals surface area contributed by atoms with Gasteiger partial charge in [0.15, 0.2) is 0 Å². The topological polar surface area (TPSA) is 107 Å². The smallest absolute Gasteiger partial charge is 0.276 e. The molecule has 1 N–H and O–H groups in total. The quantitative estimate of drug-likeness (QED) is 0.590. The van der Waals surface area contributed by atoms with Crippen LogP contribution in [0.1, 0.15) is 23.6 Å². The average molecular weight is 384 g/mol. The molecule has 8 nitrogen and oxygen atoms in total. The second-order valence-corrected chi connectivity index (χ2v) is 6.92. The second-order valence-electron chi connectivity index (χ2n) is 5.87. The molecule has 0 aliphatic heterocycles. The van der Waals surface area contributed by atoms with Crippen molar-refractivity contribution in [2.24, 2.45) is 0 Å². The summed E-state index contributed by atoms with van der Waals surface area (Å²) in [5.74, 6) is 1.72. The summed E-state index contributed by atoms with van der Waals surface area (Å²) >= 11 is 1.36. The fraction of sp³-hybridized carbons (Fsp3) is 0.333. The monoisotopic (exact) mass is 384 g/mol. The molecule has 140 valence electrons. The number of carbonyl (C=O) groups excluding carboxylic acids is 1. The van der Waals surface area contributed by atoms with Crippen molar-refractivity contribution in [2.75, 3.05) is 12.3 Å². The molecule has 0 aliphatic rings. The van der Waals surface area contributed by atoms with E-state index in [1.807, 2.05) is 19.9 Å². The molecule has 9 heteroatoms. The normalized spacial score (nSPS) is 10.7. The molecule has 0 saturated heterocycles. The maximum Gasteiger partial charge on any atom is 0.276 e. The Labute approximate surface area is 161 Å². The molecule has 0 spiro atoms. The van der Waals surface area contributed by atoms with Crippen molar-refractivity contribution < 1.29 is 9.21 Å². The number of hydrogen-bond acceptors (Lipinski definition) is 8. The minimum Gasteiger partial charge on any atom is -0.411 e. The van der Waals surface area contributed by atoms with Crippen LogP contribution in [0.3, 0.4) is 0 Å². The van der Waals surface area contributed by atoms with Gasteiger partial charge in [-0.15, -0.1) is 10.2 Å². The van der Waals surface area contributed by atoms with E-state index in [-0.39, 0.29) is 5.91 Å². The first-order valence-corrected chi connectivity index (χ1v) is 9.53. The molecule has 0 bridgehead atoms. The summed E-state index contributed by atoms with van der Waals surface area (Å²) in [6.45, 7) is 4.39. The fourth-order valence-electron chi connectivity index (χ4n) is 2.42. The van der Waals surface area contributed by atoms with E-state index in [4.69, 9.17) is 4.42 Å². The first-order valence-electron chi connectivity index (χ1n) is 8.55. The van der Waals surface area contributed by atoms with Crippen LogP contribution in [-0.4, -0.2) is 43.4 Å². The minimum absolute atomic E-state index is 0.0271. The van der Waals surface area contributed by atoms with E-state index >= 15 is 0 Å². The van der Waals surface area contributed by atoms with Crippen molar-refractivity contribution in [1.29, 1.82) is 0 Å². The Balaban J connectivity index is 1.38. The molecule has 3 aromatic rings. The zero-order valence-corrected chi connectivity index (χ0v) is 16.0. The van der Waals surface area contributed by atoms with Crippen molar-refractivity contribution in [3.8, 4) is 11.5 Å². The fourth-order valence-corrected chi connectivity index (χ4v) is 3.12. The van der Waals surface area contributed by atoms with Crippen LogP contribution < -0.4 is 5.32 Å². The summed E-state index contributed by atoms with van der Waals surface area (Å²) in [5.41, 5.74) is 2.69. The van der Waals surface area contributed by atoms with E-state index in [2.05, 4.69) is 30.5 Å². The molecule has 3 aromatic heterocycles. The van der Waals surface area contributed by atoms with Gasteiger partial charge in [-0.25, -0.2) is 9.97 Å². The van der Waals surface area contributed by atoms with Crippen molar-refractivity contribution >= 4 is 17.7 Å². The molecule has 0 atom stereocenters. The molecular formula is C18H20N6O2S.